The zero-order valence-electron chi connectivity index (χ0n) is 7.94. The summed E-state index contributed by atoms with van der Waals surface area (Å²) in [4.78, 5) is 0. The number of hydrogen-bond donors (Lipinski definition) is 0. The van der Waals surface area contributed by atoms with E-state index in [4.69, 9.17) is 11.8 Å². The maximum Gasteiger partial charge on any atom is 0.213 e. The highest BCUT2D eigenvalue weighted by Crippen LogP contribution is 2.35. The second-order valence-electron chi connectivity index (χ2n) is 3.40. The van der Waals surface area contributed by atoms with Gasteiger partial charge in [0.25, 0.3) is 0 Å². The molecule has 0 bridgehead atoms. The Hall–Kier alpha value is 0.560. The molecule has 0 fully saturated rings. The van der Waals surface area contributed by atoms with E-state index in [9.17, 15) is 8.42 Å². The first-order valence-electron chi connectivity index (χ1n) is 3.59. The van der Waals surface area contributed by atoms with Crippen LogP contribution in [0.25, 0.3) is 0 Å². The Labute approximate surface area is 80.2 Å². The Morgan fingerprint density at radius 3 is 2.00 bits per heavy atom. The van der Waals surface area contributed by atoms with Gasteiger partial charge in [-0.25, -0.2) is 12.7 Å². The molecule has 0 aliphatic carbocycles. The number of hydrogen-bond acceptors (Lipinski definition) is 3. The fraction of sp³-hybridized carbons (Fsp3) is 1.00. The summed E-state index contributed by atoms with van der Waals surface area (Å²) in [7, 11) is 0.0546. The Morgan fingerprint density at radius 1 is 1.33 bits per heavy atom. The van der Waals surface area contributed by atoms with Crippen LogP contribution in [0.3, 0.4) is 0 Å². The number of sulfonamides is 1. The third-order valence-electron chi connectivity index (χ3n) is 1.44. The van der Waals surface area contributed by atoms with Crippen molar-refractivity contribution < 1.29 is 8.42 Å². The van der Waals surface area contributed by atoms with Gasteiger partial charge >= 0.3 is 0 Å². The Balaban J connectivity index is 4.22. The lowest BCUT2D eigenvalue weighted by molar-refractivity contribution is 0.522. The maximum atomic E-state index is 11.3. The van der Waals surface area contributed by atoms with Crippen molar-refractivity contribution in [1.82, 2.24) is 4.31 Å². The second kappa shape index (κ2) is 4.18. The predicted octanol–water partition coefficient (Wildman–Crippen LogP) is 0.617. The summed E-state index contributed by atoms with van der Waals surface area (Å²) in [5.41, 5.74) is 0. The van der Waals surface area contributed by atoms with Gasteiger partial charge in [0, 0.05) is 14.1 Å². The second-order valence-corrected chi connectivity index (χ2v) is 12.3. The lowest BCUT2D eigenvalue weighted by atomic mass is 11.0. The van der Waals surface area contributed by atoms with E-state index < -0.39 is 16.1 Å². The van der Waals surface area contributed by atoms with Crippen LogP contribution in [0.4, 0.5) is 0 Å². The molecule has 0 amide bonds. The minimum atomic E-state index is -3.04. The smallest absolute Gasteiger partial charge is 0.212 e. The van der Waals surface area contributed by atoms with E-state index in [0.717, 1.165) is 0 Å². The molecule has 0 spiro atoms. The highest BCUT2D eigenvalue weighted by Gasteiger charge is 2.15. The van der Waals surface area contributed by atoms with Crippen molar-refractivity contribution in [1.29, 1.82) is 0 Å². The molecular formula is C6H16NO2PS2. The molecule has 0 atom stereocenters. The van der Waals surface area contributed by atoms with Gasteiger partial charge in [0.05, 0.1) is 5.75 Å². The first-order chi connectivity index (χ1) is 5.15. The molecule has 0 saturated carbocycles. The topological polar surface area (TPSA) is 37.4 Å². The normalized spacial score (nSPS) is 13.8. The van der Waals surface area contributed by atoms with Crippen LogP contribution < -0.4 is 0 Å². The van der Waals surface area contributed by atoms with Crippen molar-refractivity contribution in [3.8, 4) is 0 Å². The van der Waals surface area contributed by atoms with E-state index in [0.29, 0.717) is 6.16 Å². The van der Waals surface area contributed by atoms with Crippen LogP contribution in [0.5, 0.6) is 0 Å². The highest BCUT2D eigenvalue weighted by molar-refractivity contribution is 8.14. The van der Waals surface area contributed by atoms with Gasteiger partial charge in [0.2, 0.25) is 10.0 Å². The van der Waals surface area contributed by atoms with Crippen molar-refractivity contribution in [3.63, 3.8) is 0 Å². The van der Waals surface area contributed by atoms with Gasteiger partial charge < -0.3 is 0 Å². The van der Waals surface area contributed by atoms with Crippen LogP contribution in [-0.4, -0.2) is 52.1 Å². The molecule has 0 aromatic rings. The molecule has 0 aromatic heterocycles. The molecule has 74 valence electrons. The van der Waals surface area contributed by atoms with E-state index in [1.54, 1.807) is 14.1 Å². The quantitative estimate of drug-likeness (QED) is 0.663. The van der Waals surface area contributed by atoms with Crippen LogP contribution in [0.15, 0.2) is 0 Å². The Bertz CT molecular complexity index is 278. The molecule has 0 aliphatic rings. The first-order valence-corrected chi connectivity index (χ1v) is 9.08. The molecular weight excluding hydrogens is 213 g/mol. The highest BCUT2D eigenvalue weighted by atomic mass is 32.4. The standard InChI is InChI=1S/C6H16NO2PS2/c1-7(2)12(8,9)6-5-10(3,4)11/h5-6H2,1-4H3. The van der Waals surface area contributed by atoms with Gasteiger partial charge in [-0.05, 0) is 25.5 Å². The molecule has 12 heavy (non-hydrogen) atoms. The van der Waals surface area contributed by atoms with Crippen molar-refractivity contribution in [2.75, 3.05) is 39.3 Å². The zero-order chi connectivity index (χ0) is 9.99. The summed E-state index contributed by atoms with van der Waals surface area (Å²) < 4.78 is 23.8. The monoisotopic (exact) mass is 229 g/mol. The van der Waals surface area contributed by atoms with Crippen LogP contribution in [0.2, 0.25) is 0 Å². The summed E-state index contributed by atoms with van der Waals surface area (Å²) in [6.45, 7) is 3.93. The van der Waals surface area contributed by atoms with Gasteiger partial charge in [0.15, 0.2) is 0 Å². The van der Waals surface area contributed by atoms with Crippen LogP contribution in [-0.2, 0) is 21.8 Å². The number of nitrogens with zero attached hydrogens (tertiary/aromatic N) is 1. The van der Waals surface area contributed by atoms with Crippen molar-refractivity contribution in [2.45, 2.75) is 0 Å². The lowest BCUT2D eigenvalue weighted by Gasteiger charge is -2.14. The zero-order valence-corrected chi connectivity index (χ0v) is 10.5. The van der Waals surface area contributed by atoms with Crippen LogP contribution >= 0.6 is 6.04 Å². The molecule has 6 heteroatoms. The van der Waals surface area contributed by atoms with E-state index in [2.05, 4.69) is 0 Å². The van der Waals surface area contributed by atoms with E-state index in [1.807, 2.05) is 13.3 Å². The molecule has 0 aromatic carbocycles. The Morgan fingerprint density at radius 2 is 1.75 bits per heavy atom. The van der Waals surface area contributed by atoms with Crippen LogP contribution in [0, 0.1) is 0 Å². The molecule has 0 rings (SSSR count). The largest absolute Gasteiger partial charge is 0.213 e. The molecule has 3 nitrogen and oxygen atoms in total. The molecule has 0 heterocycles. The average molecular weight is 229 g/mol. The summed E-state index contributed by atoms with van der Waals surface area (Å²) in [5.74, 6) is 0.185. The average Bonchev–Trinajstić information content (AvgIpc) is 1.82. The van der Waals surface area contributed by atoms with Gasteiger partial charge in [0.1, 0.15) is 0 Å². The minimum absolute atomic E-state index is 0.185. The minimum Gasteiger partial charge on any atom is -0.212 e. The lowest BCUT2D eigenvalue weighted by Crippen LogP contribution is -2.26. The SMILES string of the molecule is CN(C)S(=O)(=O)CCP(C)(C)=S. The third-order valence-corrected chi connectivity index (χ3v) is 5.43. The molecule has 0 radical (unpaired) electrons. The number of rotatable bonds is 4. The molecule has 0 unspecified atom stereocenters. The van der Waals surface area contributed by atoms with Gasteiger partial charge in [-0.3, -0.25) is 0 Å². The Kier molecular flexibility index (Phi) is 4.38. The maximum absolute atomic E-state index is 11.3. The van der Waals surface area contributed by atoms with E-state index in [1.165, 1.54) is 4.31 Å². The van der Waals surface area contributed by atoms with E-state index >= 15 is 0 Å². The van der Waals surface area contributed by atoms with Crippen LogP contribution in [0.1, 0.15) is 0 Å². The molecule has 0 saturated heterocycles. The first kappa shape index (κ1) is 12.6. The molecule has 0 aliphatic heterocycles. The molecule has 0 N–H and O–H groups in total. The summed E-state index contributed by atoms with van der Waals surface area (Å²) in [6, 6.07) is -1.37. The van der Waals surface area contributed by atoms with Gasteiger partial charge in [-0.2, -0.15) is 0 Å². The van der Waals surface area contributed by atoms with Crippen molar-refractivity contribution >= 4 is 27.9 Å². The fourth-order valence-electron chi connectivity index (χ4n) is 0.518. The third kappa shape index (κ3) is 5.25. The fourth-order valence-corrected chi connectivity index (χ4v) is 4.24. The van der Waals surface area contributed by atoms with Gasteiger partial charge in [-0.1, -0.05) is 11.8 Å². The summed E-state index contributed by atoms with van der Waals surface area (Å²) >= 11 is 5.17. The van der Waals surface area contributed by atoms with E-state index in [-0.39, 0.29) is 5.75 Å². The summed E-state index contributed by atoms with van der Waals surface area (Å²) in [5, 5.41) is 0. The summed E-state index contributed by atoms with van der Waals surface area (Å²) in [6.07, 6.45) is 0.628. The van der Waals surface area contributed by atoms with Crippen molar-refractivity contribution in [3.05, 3.63) is 0 Å². The van der Waals surface area contributed by atoms with Gasteiger partial charge in [-0.15, -0.1) is 0 Å². The predicted molar refractivity (Wildman–Crippen MR) is 58.5 cm³/mol. The van der Waals surface area contributed by atoms with Crippen molar-refractivity contribution in [2.24, 2.45) is 0 Å².